The van der Waals surface area contributed by atoms with Gasteiger partial charge in [-0.05, 0) is 44.9 Å². The molecule has 1 heterocycles. The summed E-state index contributed by atoms with van der Waals surface area (Å²) < 4.78 is 1.89. The number of carbonyl (C=O) groups is 1. The van der Waals surface area contributed by atoms with Crippen molar-refractivity contribution in [3.8, 4) is 5.75 Å². The van der Waals surface area contributed by atoms with Gasteiger partial charge < -0.3 is 20.4 Å². The first-order valence-corrected chi connectivity index (χ1v) is 8.94. The van der Waals surface area contributed by atoms with E-state index in [1.165, 1.54) is 11.0 Å². The third-order valence-corrected chi connectivity index (χ3v) is 4.37. The van der Waals surface area contributed by atoms with Gasteiger partial charge in [0.2, 0.25) is 0 Å². The van der Waals surface area contributed by atoms with Gasteiger partial charge in [-0.2, -0.15) is 5.10 Å². The zero-order chi connectivity index (χ0) is 19.3. The summed E-state index contributed by atoms with van der Waals surface area (Å²) in [5.41, 5.74) is 2.98. The normalized spacial score (nSPS) is 12.0. The lowest BCUT2D eigenvalue weighted by Gasteiger charge is -2.24. The molecule has 0 aliphatic heterocycles. The monoisotopic (exact) mass is 360 g/mol. The van der Waals surface area contributed by atoms with Crippen molar-refractivity contribution in [3.63, 3.8) is 0 Å². The van der Waals surface area contributed by atoms with E-state index < -0.39 is 6.10 Å². The molecule has 0 aliphatic rings. The molecule has 2 rings (SSSR count). The Morgan fingerprint density at radius 3 is 2.69 bits per heavy atom. The Labute approximate surface area is 154 Å². The van der Waals surface area contributed by atoms with Crippen molar-refractivity contribution in [2.45, 2.75) is 46.8 Å². The molecular weight excluding hydrogens is 332 g/mol. The summed E-state index contributed by atoms with van der Waals surface area (Å²) in [6.45, 7) is 9.12. The van der Waals surface area contributed by atoms with Gasteiger partial charge in [0.15, 0.2) is 0 Å². The summed E-state index contributed by atoms with van der Waals surface area (Å²) in [6, 6.07) is 6.15. The number of urea groups is 1. The van der Waals surface area contributed by atoms with Crippen molar-refractivity contribution in [1.29, 1.82) is 0 Å². The Morgan fingerprint density at radius 1 is 1.35 bits per heavy atom. The molecule has 0 radical (unpaired) electrons. The van der Waals surface area contributed by atoms with Gasteiger partial charge in [-0.1, -0.05) is 19.1 Å². The summed E-state index contributed by atoms with van der Waals surface area (Å²) >= 11 is 0. The van der Waals surface area contributed by atoms with Crippen LogP contribution in [0.2, 0.25) is 0 Å². The van der Waals surface area contributed by atoms with E-state index in [0.29, 0.717) is 17.8 Å². The van der Waals surface area contributed by atoms with Crippen LogP contribution in [0.25, 0.3) is 0 Å². The van der Waals surface area contributed by atoms with Gasteiger partial charge >= 0.3 is 6.03 Å². The number of nitrogens with zero attached hydrogens (tertiary/aromatic N) is 3. The number of hydrogen-bond acceptors (Lipinski definition) is 4. The van der Waals surface area contributed by atoms with Gasteiger partial charge in [0.1, 0.15) is 5.75 Å². The summed E-state index contributed by atoms with van der Waals surface area (Å²) in [7, 11) is 0. The minimum Gasteiger partial charge on any atom is -0.508 e. The van der Waals surface area contributed by atoms with E-state index in [9.17, 15) is 15.0 Å². The Balaban J connectivity index is 2.09. The highest BCUT2D eigenvalue weighted by Gasteiger charge is 2.20. The number of aromatic hydroxyl groups is 1. The number of amides is 2. The highest BCUT2D eigenvalue weighted by molar-refractivity contribution is 5.90. The largest absolute Gasteiger partial charge is 0.508 e. The Morgan fingerprint density at radius 2 is 2.08 bits per heavy atom. The van der Waals surface area contributed by atoms with Crippen molar-refractivity contribution in [2.24, 2.45) is 0 Å². The van der Waals surface area contributed by atoms with Crippen LogP contribution in [0.1, 0.15) is 43.3 Å². The average molecular weight is 360 g/mol. The van der Waals surface area contributed by atoms with Gasteiger partial charge in [0.25, 0.3) is 0 Å². The lowest BCUT2D eigenvalue weighted by atomic mass is 10.1. The molecule has 0 bridgehead atoms. The standard InChI is InChI=1S/C19H28N4O3/c1-5-10-23-14(4)18(13(3)21-23)20-19(26)22(6-2)12-17(25)15-8-7-9-16(24)11-15/h7-9,11,17,24-25H,5-6,10,12H2,1-4H3,(H,20,26)/t17-/m0/s1. The average Bonchev–Trinajstić information content (AvgIpc) is 2.87. The number of nitrogens with one attached hydrogen (secondary N) is 1. The molecule has 2 amide bonds. The SMILES string of the molecule is CCCn1nc(C)c(NC(=O)N(CC)C[C@H](O)c2cccc(O)c2)c1C. The van der Waals surface area contributed by atoms with Gasteiger partial charge in [-0.25, -0.2) is 4.79 Å². The summed E-state index contributed by atoms with van der Waals surface area (Å²) in [6.07, 6.45) is 0.0878. The van der Waals surface area contributed by atoms with Gasteiger partial charge in [0.05, 0.1) is 29.7 Å². The fraction of sp³-hybridized carbons (Fsp3) is 0.474. The third-order valence-electron chi connectivity index (χ3n) is 4.37. The first-order chi connectivity index (χ1) is 12.4. The van der Waals surface area contributed by atoms with E-state index in [-0.39, 0.29) is 18.3 Å². The number of phenolic OH excluding ortho intramolecular Hbond substituents is 1. The molecule has 1 atom stereocenters. The van der Waals surface area contributed by atoms with Crippen LogP contribution < -0.4 is 5.32 Å². The number of rotatable bonds is 7. The molecule has 0 aliphatic carbocycles. The summed E-state index contributed by atoms with van der Waals surface area (Å²) in [5, 5.41) is 27.3. The topological polar surface area (TPSA) is 90.6 Å². The van der Waals surface area contributed by atoms with E-state index in [4.69, 9.17) is 0 Å². The highest BCUT2D eigenvalue weighted by Crippen LogP contribution is 2.22. The fourth-order valence-electron chi connectivity index (χ4n) is 2.90. The Hall–Kier alpha value is -2.54. The van der Waals surface area contributed by atoms with Crippen LogP contribution >= 0.6 is 0 Å². The molecule has 26 heavy (non-hydrogen) atoms. The summed E-state index contributed by atoms with van der Waals surface area (Å²) in [4.78, 5) is 14.2. The van der Waals surface area contributed by atoms with Crippen LogP contribution in [-0.4, -0.2) is 44.0 Å². The van der Waals surface area contributed by atoms with Crippen molar-refractivity contribution in [3.05, 3.63) is 41.2 Å². The van der Waals surface area contributed by atoms with E-state index in [1.54, 1.807) is 18.2 Å². The molecule has 2 aromatic rings. The second-order valence-corrected chi connectivity index (χ2v) is 6.35. The smallest absolute Gasteiger partial charge is 0.322 e. The lowest BCUT2D eigenvalue weighted by Crippen LogP contribution is -2.38. The maximum atomic E-state index is 12.7. The summed E-state index contributed by atoms with van der Waals surface area (Å²) in [5.74, 6) is 0.0867. The van der Waals surface area contributed by atoms with Crippen LogP contribution in [0.5, 0.6) is 5.75 Å². The first-order valence-electron chi connectivity index (χ1n) is 8.94. The molecule has 7 nitrogen and oxygen atoms in total. The number of anilines is 1. The van der Waals surface area contributed by atoms with Crippen molar-refractivity contribution < 1.29 is 15.0 Å². The van der Waals surface area contributed by atoms with Crippen LogP contribution in [0.15, 0.2) is 24.3 Å². The van der Waals surface area contributed by atoms with Gasteiger partial charge in [0, 0.05) is 13.1 Å². The molecule has 0 spiro atoms. The van der Waals surface area contributed by atoms with Gasteiger partial charge in [-0.3, -0.25) is 4.68 Å². The van der Waals surface area contributed by atoms with Crippen LogP contribution in [-0.2, 0) is 6.54 Å². The maximum absolute atomic E-state index is 12.7. The molecule has 0 fully saturated rings. The maximum Gasteiger partial charge on any atom is 0.322 e. The number of aryl methyl sites for hydroxylation is 2. The highest BCUT2D eigenvalue weighted by atomic mass is 16.3. The quantitative estimate of drug-likeness (QED) is 0.707. The molecule has 0 saturated carbocycles. The predicted molar refractivity (Wildman–Crippen MR) is 101 cm³/mol. The predicted octanol–water partition coefficient (Wildman–Crippen LogP) is 3.20. The van der Waals surface area contributed by atoms with Crippen molar-refractivity contribution >= 4 is 11.7 Å². The van der Waals surface area contributed by atoms with Crippen LogP contribution in [0.4, 0.5) is 10.5 Å². The second-order valence-electron chi connectivity index (χ2n) is 6.35. The number of aromatic nitrogens is 2. The third kappa shape index (κ3) is 4.54. The number of benzene rings is 1. The molecule has 3 N–H and O–H groups in total. The lowest BCUT2D eigenvalue weighted by molar-refractivity contribution is 0.128. The van der Waals surface area contributed by atoms with E-state index in [1.807, 2.05) is 25.5 Å². The molecular formula is C19H28N4O3. The van der Waals surface area contributed by atoms with E-state index in [0.717, 1.165) is 24.4 Å². The molecule has 0 saturated heterocycles. The van der Waals surface area contributed by atoms with Crippen LogP contribution in [0, 0.1) is 13.8 Å². The minimum atomic E-state index is -0.877. The Kier molecular flexibility index (Phi) is 6.63. The number of carbonyl (C=O) groups excluding carboxylic acids is 1. The number of aliphatic hydroxyl groups excluding tert-OH is 1. The number of likely N-dealkylation sites (N-methyl/N-ethyl adjacent to an activating group) is 1. The zero-order valence-electron chi connectivity index (χ0n) is 15.9. The zero-order valence-corrected chi connectivity index (χ0v) is 15.9. The molecule has 1 aromatic carbocycles. The van der Waals surface area contributed by atoms with E-state index in [2.05, 4.69) is 17.3 Å². The fourth-order valence-corrected chi connectivity index (χ4v) is 2.90. The first kappa shape index (κ1) is 19.8. The molecule has 142 valence electrons. The van der Waals surface area contributed by atoms with Crippen molar-refractivity contribution in [1.82, 2.24) is 14.7 Å². The number of phenols is 1. The second kappa shape index (κ2) is 8.71. The number of aliphatic hydroxyl groups is 1. The van der Waals surface area contributed by atoms with Crippen molar-refractivity contribution in [2.75, 3.05) is 18.4 Å². The molecule has 0 unspecified atom stereocenters. The minimum absolute atomic E-state index is 0.0867. The molecule has 7 heteroatoms. The Bertz CT molecular complexity index is 757. The van der Waals surface area contributed by atoms with Crippen LogP contribution in [0.3, 0.4) is 0 Å². The molecule has 1 aromatic heterocycles. The van der Waals surface area contributed by atoms with Gasteiger partial charge in [-0.15, -0.1) is 0 Å². The number of hydrogen-bond donors (Lipinski definition) is 3. The van der Waals surface area contributed by atoms with E-state index >= 15 is 0 Å².